The molecule has 130 valence electrons. The lowest BCUT2D eigenvalue weighted by Crippen LogP contribution is -2.50. The van der Waals surface area contributed by atoms with Crippen LogP contribution in [-0.4, -0.2) is 54.6 Å². The smallest absolute Gasteiger partial charge is 0.269 e. The number of carbonyl (C=O) groups excluding carboxylic acids is 1. The van der Waals surface area contributed by atoms with E-state index in [2.05, 4.69) is 11.8 Å². The molecule has 0 radical (unpaired) electrons. The molecule has 0 aliphatic carbocycles. The summed E-state index contributed by atoms with van der Waals surface area (Å²) >= 11 is 0. The number of nitrogens with zero attached hydrogens (tertiary/aromatic N) is 3. The number of hydrogen-bond acceptors (Lipinski definition) is 5. The first-order chi connectivity index (χ1) is 11.6. The van der Waals surface area contributed by atoms with E-state index >= 15 is 0 Å². The second kappa shape index (κ2) is 7.27. The minimum atomic E-state index is -0.388. The summed E-state index contributed by atoms with van der Waals surface area (Å²) in [7, 11) is 0. The lowest BCUT2D eigenvalue weighted by molar-refractivity contribution is -0.384. The molecule has 1 amide bonds. The molecule has 2 aliphatic rings. The molecular formula is C17H23N3O4. The van der Waals surface area contributed by atoms with Gasteiger partial charge in [0, 0.05) is 37.0 Å². The van der Waals surface area contributed by atoms with E-state index in [4.69, 9.17) is 4.74 Å². The second-order valence-corrected chi connectivity index (χ2v) is 6.33. The Hall–Kier alpha value is -1.99. The van der Waals surface area contributed by atoms with Gasteiger partial charge in [-0.15, -0.1) is 0 Å². The molecule has 0 spiro atoms. The molecule has 2 aliphatic heterocycles. The molecule has 3 rings (SSSR count). The molecule has 0 aromatic heterocycles. The van der Waals surface area contributed by atoms with Gasteiger partial charge in [0.15, 0.2) is 0 Å². The Balaban J connectivity index is 1.76. The number of hydrogen-bond donors (Lipinski definition) is 0. The normalized spacial score (nSPS) is 21.4. The predicted molar refractivity (Wildman–Crippen MR) is 90.2 cm³/mol. The molecule has 1 saturated heterocycles. The van der Waals surface area contributed by atoms with Crippen LogP contribution in [0.1, 0.15) is 25.3 Å². The van der Waals surface area contributed by atoms with Gasteiger partial charge in [0.25, 0.3) is 5.69 Å². The fourth-order valence-electron chi connectivity index (χ4n) is 3.49. The van der Waals surface area contributed by atoms with Crippen LogP contribution < -0.4 is 4.90 Å². The average molecular weight is 333 g/mol. The Morgan fingerprint density at radius 1 is 1.42 bits per heavy atom. The van der Waals surface area contributed by atoms with Crippen molar-refractivity contribution in [2.45, 2.75) is 32.2 Å². The Morgan fingerprint density at radius 3 is 3.00 bits per heavy atom. The fourth-order valence-corrected chi connectivity index (χ4v) is 3.49. The monoisotopic (exact) mass is 333 g/mol. The summed E-state index contributed by atoms with van der Waals surface area (Å²) in [6, 6.07) is 5.07. The van der Waals surface area contributed by atoms with Crippen molar-refractivity contribution in [2.24, 2.45) is 0 Å². The van der Waals surface area contributed by atoms with Gasteiger partial charge in [-0.05, 0) is 30.9 Å². The van der Waals surface area contributed by atoms with E-state index < -0.39 is 0 Å². The van der Waals surface area contributed by atoms with Crippen LogP contribution >= 0.6 is 0 Å². The van der Waals surface area contributed by atoms with Crippen LogP contribution in [-0.2, 0) is 16.0 Å². The number of non-ortho nitro benzene ring substituents is 1. The van der Waals surface area contributed by atoms with Crippen LogP contribution in [0, 0.1) is 10.1 Å². The van der Waals surface area contributed by atoms with Crippen LogP contribution in [0.4, 0.5) is 11.4 Å². The van der Waals surface area contributed by atoms with E-state index in [1.807, 2.05) is 0 Å². The number of morpholine rings is 1. The molecule has 0 bridgehead atoms. The third-order valence-electron chi connectivity index (χ3n) is 4.85. The molecule has 0 N–H and O–H groups in total. The molecule has 1 atom stereocenters. The minimum absolute atomic E-state index is 0.0603. The maximum atomic E-state index is 12.8. The van der Waals surface area contributed by atoms with Gasteiger partial charge in [0.05, 0.1) is 24.7 Å². The zero-order valence-electron chi connectivity index (χ0n) is 13.9. The van der Waals surface area contributed by atoms with Gasteiger partial charge in [-0.1, -0.05) is 6.92 Å². The van der Waals surface area contributed by atoms with E-state index in [1.54, 1.807) is 17.0 Å². The fraction of sp³-hybridized carbons (Fsp3) is 0.588. The van der Waals surface area contributed by atoms with Crippen LogP contribution in [0.25, 0.3) is 0 Å². The van der Waals surface area contributed by atoms with Crippen molar-refractivity contribution < 1.29 is 14.5 Å². The predicted octanol–water partition coefficient (Wildman–Crippen LogP) is 1.98. The molecular weight excluding hydrogens is 310 g/mol. The van der Waals surface area contributed by atoms with Gasteiger partial charge in [0.2, 0.25) is 5.91 Å². The number of aryl methyl sites for hydroxylation is 1. The number of nitro groups is 1. The number of carbonyl (C=O) groups is 1. The maximum Gasteiger partial charge on any atom is 0.269 e. The van der Waals surface area contributed by atoms with E-state index in [0.717, 1.165) is 37.1 Å². The number of amides is 1. The lowest BCUT2D eigenvalue weighted by atomic mass is 10.0. The molecule has 1 aromatic rings. The average Bonchev–Trinajstić information content (AvgIpc) is 2.61. The van der Waals surface area contributed by atoms with Crippen LogP contribution in [0.5, 0.6) is 0 Å². The third-order valence-corrected chi connectivity index (χ3v) is 4.85. The van der Waals surface area contributed by atoms with Crippen molar-refractivity contribution in [3.8, 4) is 0 Å². The van der Waals surface area contributed by atoms with Crippen LogP contribution in [0.3, 0.4) is 0 Å². The summed E-state index contributed by atoms with van der Waals surface area (Å²) in [6.45, 7) is 5.25. The molecule has 7 nitrogen and oxygen atoms in total. The highest BCUT2D eigenvalue weighted by Crippen LogP contribution is 2.30. The van der Waals surface area contributed by atoms with Crippen molar-refractivity contribution in [1.29, 1.82) is 0 Å². The molecule has 24 heavy (non-hydrogen) atoms. The molecule has 0 saturated carbocycles. The topological polar surface area (TPSA) is 75.9 Å². The zero-order chi connectivity index (χ0) is 17.1. The highest BCUT2D eigenvalue weighted by Gasteiger charge is 2.28. The number of benzene rings is 1. The SMILES string of the molecule is CC[C@H]1COCCN1CC(=O)N1CCCc2cc([N+](=O)[O-])ccc21. The standard InChI is InChI=1S/C17H23N3O4/c1-2-14-12-24-9-8-18(14)11-17(21)19-7-3-4-13-10-15(20(22)23)5-6-16(13)19/h5-6,10,14H,2-4,7-9,11-12H2,1H3/t14-/m0/s1. The van der Waals surface area contributed by atoms with Crippen molar-refractivity contribution in [3.05, 3.63) is 33.9 Å². The molecule has 7 heteroatoms. The van der Waals surface area contributed by atoms with Gasteiger partial charge in [0.1, 0.15) is 0 Å². The number of fused-ring (bicyclic) bond motifs is 1. The van der Waals surface area contributed by atoms with E-state index in [-0.39, 0.29) is 22.6 Å². The van der Waals surface area contributed by atoms with Gasteiger partial charge in [-0.2, -0.15) is 0 Å². The van der Waals surface area contributed by atoms with Gasteiger partial charge in [-0.25, -0.2) is 0 Å². The second-order valence-electron chi connectivity index (χ2n) is 6.33. The number of ether oxygens (including phenoxy) is 1. The maximum absolute atomic E-state index is 12.8. The Kier molecular flexibility index (Phi) is 5.11. The van der Waals surface area contributed by atoms with Crippen molar-refractivity contribution >= 4 is 17.3 Å². The summed E-state index contributed by atoms with van der Waals surface area (Å²) in [6.07, 6.45) is 2.56. The van der Waals surface area contributed by atoms with Crippen LogP contribution in [0.2, 0.25) is 0 Å². The first-order valence-electron chi connectivity index (χ1n) is 8.49. The van der Waals surface area contributed by atoms with E-state index in [9.17, 15) is 14.9 Å². The van der Waals surface area contributed by atoms with Gasteiger partial charge in [-0.3, -0.25) is 19.8 Å². The first kappa shape index (κ1) is 16.9. The van der Waals surface area contributed by atoms with Crippen molar-refractivity contribution in [1.82, 2.24) is 4.90 Å². The largest absolute Gasteiger partial charge is 0.378 e. The lowest BCUT2D eigenvalue weighted by Gasteiger charge is -2.37. The van der Waals surface area contributed by atoms with Crippen LogP contribution in [0.15, 0.2) is 18.2 Å². The summed E-state index contributed by atoms with van der Waals surface area (Å²) < 4.78 is 5.49. The summed E-state index contributed by atoms with van der Waals surface area (Å²) in [4.78, 5) is 27.3. The zero-order valence-corrected chi connectivity index (χ0v) is 13.9. The summed E-state index contributed by atoms with van der Waals surface area (Å²) in [5.74, 6) is 0.0603. The Morgan fingerprint density at radius 2 is 2.25 bits per heavy atom. The summed E-state index contributed by atoms with van der Waals surface area (Å²) in [5.41, 5.74) is 1.79. The van der Waals surface area contributed by atoms with Gasteiger partial charge >= 0.3 is 0 Å². The van der Waals surface area contributed by atoms with E-state index in [0.29, 0.717) is 26.3 Å². The Bertz CT molecular complexity index is 634. The molecule has 0 unspecified atom stereocenters. The highest BCUT2D eigenvalue weighted by molar-refractivity contribution is 5.96. The van der Waals surface area contributed by atoms with Crippen molar-refractivity contribution in [2.75, 3.05) is 37.7 Å². The number of rotatable bonds is 4. The molecule has 2 heterocycles. The molecule has 1 aromatic carbocycles. The number of anilines is 1. The molecule has 1 fully saturated rings. The highest BCUT2D eigenvalue weighted by atomic mass is 16.6. The quantitative estimate of drug-likeness (QED) is 0.622. The van der Waals surface area contributed by atoms with E-state index in [1.165, 1.54) is 6.07 Å². The van der Waals surface area contributed by atoms with Crippen molar-refractivity contribution in [3.63, 3.8) is 0 Å². The number of nitro benzene ring substituents is 1. The first-order valence-corrected chi connectivity index (χ1v) is 8.49. The third kappa shape index (κ3) is 3.42. The van der Waals surface area contributed by atoms with Gasteiger partial charge < -0.3 is 9.64 Å². The minimum Gasteiger partial charge on any atom is -0.378 e. The Labute approximate surface area is 141 Å². The summed E-state index contributed by atoms with van der Waals surface area (Å²) in [5, 5.41) is 10.9.